The van der Waals surface area contributed by atoms with Crippen molar-refractivity contribution in [2.75, 3.05) is 13.2 Å². The number of fused-ring (bicyclic) bond motifs is 1. The minimum atomic E-state index is -0.997. The lowest BCUT2D eigenvalue weighted by Gasteiger charge is -2.34. The highest BCUT2D eigenvalue weighted by Crippen LogP contribution is 2.42. The Labute approximate surface area is 141 Å². The van der Waals surface area contributed by atoms with Gasteiger partial charge in [-0.05, 0) is 36.8 Å². The normalized spacial score (nSPS) is 20.4. The van der Waals surface area contributed by atoms with E-state index in [1.807, 2.05) is 43.3 Å². The van der Waals surface area contributed by atoms with Crippen LogP contribution in [0.2, 0.25) is 0 Å². The maximum Gasteiger partial charge on any atom is 0.188 e. The summed E-state index contributed by atoms with van der Waals surface area (Å²) in [5, 5.41) is 9.89. The van der Waals surface area contributed by atoms with E-state index in [9.17, 15) is 9.90 Å². The molecule has 0 saturated carbocycles. The van der Waals surface area contributed by atoms with Crippen LogP contribution in [0.5, 0.6) is 5.75 Å². The molecule has 0 saturated heterocycles. The van der Waals surface area contributed by atoms with E-state index in [4.69, 9.17) is 4.74 Å². The van der Waals surface area contributed by atoms with Gasteiger partial charge in [-0.1, -0.05) is 34.1 Å². The molecule has 1 aliphatic rings. The van der Waals surface area contributed by atoms with E-state index in [0.717, 1.165) is 14.9 Å². The second-order valence-corrected chi connectivity index (χ2v) is 7.59. The molecule has 114 valence electrons. The number of aliphatic hydroxyl groups is 1. The Kier molecular flexibility index (Phi) is 4.30. The molecule has 22 heavy (non-hydrogen) atoms. The van der Waals surface area contributed by atoms with Gasteiger partial charge < -0.3 is 9.84 Å². The van der Waals surface area contributed by atoms with Gasteiger partial charge in [0.05, 0.1) is 12.2 Å². The summed E-state index contributed by atoms with van der Waals surface area (Å²) in [5.74, 6) is 0.495. The SMILES string of the molecule is Cc1cc2c(cc1Br)C(=O)[C@@](CO)(Sc1ccccc1)CO2. The number of ether oxygens (including phenoxy) is 1. The van der Waals surface area contributed by atoms with Crippen LogP contribution in [-0.2, 0) is 0 Å². The molecule has 3 rings (SSSR count). The molecule has 0 spiro atoms. The Morgan fingerprint density at radius 1 is 1.32 bits per heavy atom. The molecule has 2 aromatic rings. The largest absolute Gasteiger partial charge is 0.491 e. The van der Waals surface area contributed by atoms with Gasteiger partial charge in [0.25, 0.3) is 0 Å². The van der Waals surface area contributed by atoms with Gasteiger partial charge in [0.1, 0.15) is 17.1 Å². The van der Waals surface area contributed by atoms with Crippen molar-refractivity contribution < 1.29 is 14.6 Å². The molecule has 3 nitrogen and oxygen atoms in total. The Hall–Kier alpha value is -1.30. The molecule has 1 atom stereocenters. The Morgan fingerprint density at radius 2 is 2.05 bits per heavy atom. The molecule has 1 aliphatic heterocycles. The zero-order valence-corrected chi connectivity index (χ0v) is 14.4. The van der Waals surface area contributed by atoms with Gasteiger partial charge in [-0.15, -0.1) is 11.8 Å². The first-order valence-corrected chi connectivity index (χ1v) is 8.49. The van der Waals surface area contributed by atoms with Crippen LogP contribution in [0.25, 0.3) is 0 Å². The zero-order chi connectivity index (χ0) is 15.7. The zero-order valence-electron chi connectivity index (χ0n) is 12.0. The number of carbonyl (C=O) groups is 1. The van der Waals surface area contributed by atoms with Crippen LogP contribution in [-0.4, -0.2) is 28.9 Å². The maximum absolute atomic E-state index is 13.0. The number of Topliss-reactive ketones (excluding diaryl/α,β-unsaturated/α-hetero) is 1. The summed E-state index contributed by atoms with van der Waals surface area (Å²) in [6.07, 6.45) is 0. The highest BCUT2D eigenvalue weighted by atomic mass is 79.9. The number of ketones is 1. The predicted molar refractivity (Wildman–Crippen MR) is 90.8 cm³/mol. The third-order valence-electron chi connectivity index (χ3n) is 3.69. The lowest BCUT2D eigenvalue weighted by atomic mass is 9.94. The van der Waals surface area contributed by atoms with Crippen LogP contribution in [0.15, 0.2) is 51.8 Å². The summed E-state index contributed by atoms with van der Waals surface area (Å²) in [4.78, 5) is 13.9. The van der Waals surface area contributed by atoms with E-state index in [1.165, 1.54) is 11.8 Å². The number of aliphatic hydroxyl groups excluding tert-OH is 1. The van der Waals surface area contributed by atoms with Gasteiger partial charge in [0, 0.05) is 9.37 Å². The van der Waals surface area contributed by atoms with Crippen LogP contribution in [0.1, 0.15) is 15.9 Å². The summed E-state index contributed by atoms with van der Waals surface area (Å²) in [6, 6.07) is 13.2. The summed E-state index contributed by atoms with van der Waals surface area (Å²) in [6.45, 7) is 1.84. The highest BCUT2D eigenvalue weighted by Gasteiger charge is 2.45. The number of rotatable bonds is 3. The van der Waals surface area contributed by atoms with Crippen LogP contribution >= 0.6 is 27.7 Å². The standard InChI is InChI=1S/C17H15BrO3S/c1-11-7-15-13(8-14(11)18)16(20)17(9-19,10-21-15)22-12-5-3-2-4-6-12/h2-8,19H,9-10H2,1H3/t17-/m0/s1. The van der Waals surface area contributed by atoms with Crippen LogP contribution in [0, 0.1) is 6.92 Å². The van der Waals surface area contributed by atoms with E-state index in [2.05, 4.69) is 15.9 Å². The molecule has 0 bridgehead atoms. The van der Waals surface area contributed by atoms with E-state index in [1.54, 1.807) is 6.07 Å². The highest BCUT2D eigenvalue weighted by molar-refractivity contribution is 9.10. The molecular formula is C17H15BrO3S. The second-order valence-electron chi connectivity index (χ2n) is 5.28. The summed E-state index contributed by atoms with van der Waals surface area (Å²) >= 11 is 4.80. The number of thioether (sulfide) groups is 1. The third kappa shape index (κ3) is 2.69. The van der Waals surface area contributed by atoms with Crippen LogP contribution in [0.4, 0.5) is 0 Å². The van der Waals surface area contributed by atoms with E-state index in [-0.39, 0.29) is 19.0 Å². The number of hydrogen-bond donors (Lipinski definition) is 1. The Balaban J connectivity index is 2.00. The number of aryl methyl sites for hydroxylation is 1. The Morgan fingerprint density at radius 3 is 2.73 bits per heavy atom. The topological polar surface area (TPSA) is 46.5 Å². The quantitative estimate of drug-likeness (QED) is 0.880. The van der Waals surface area contributed by atoms with Crippen molar-refractivity contribution in [3.63, 3.8) is 0 Å². The molecule has 1 heterocycles. The Bertz CT molecular complexity index is 717. The van der Waals surface area contributed by atoms with Crippen LogP contribution in [0.3, 0.4) is 0 Å². The van der Waals surface area contributed by atoms with Crippen molar-refractivity contribution in [2.45, 2.75) is 16.6 Å². The third-order valence-corrected chi connectivity index (χ3v) is 5.88. The van der Waals surface area contributed by atoms with Gasteiger partial charge in [-0.2, -0.15) is 0 Å². The number of carbonyl (C=O) groups excluding carboxylic acids is 1. The van der Waals surface area contributed by atoms with Crippen molar-refractivity contribution in [3.8, 4) is 5.75 Å². The molecule has 0 radical (unpaired) electrons. The van der Waals surface area contributed by atoms with Gasteiger partial charge >= 0.3 is 0 Å². The fourth-order valence-electron chi connectivity index (χ4n) is 2.40. The van der Waals surface area contributed by atoms with Crippen LogP contribution < -0.4 is 4.74 Å². The first-order chi connectivity index (χ1) is 10.6. The molecule has 1 N–H and O–H groups in total. The second kappa shape index (κ2) is 6.07. The first-order valence-electron chi connectivity index (χ1n) is 6.88. The molecule has 2 aromatic carbocycles. The lowest BCUT2D eigenvalue weighted by molar-refractivity contribution is 0.0797. The minimum absolute atomic E-state index is 0.0918. The fraction of sp³-hybridized carbons (Fsp3) is 0.235. The summed E-state index contributed by atoms with van der Waals surface area (Å²) in [5.41, 5.74) is 1.53. The average molecular weight is 379 g/mol. The van der Waals surface area contributed by atoms with Gasteiger partial charge in [-0.3, -0.25) is 4.79 Å². The van der Waals surface area contributed by atoms with Gasteiger partial charge in [0.15, 0.2) is 5.78 Å². The van der Waals surface area contributed by atoms with Crippen molar-refractivity contribution in [2.24, 2.45) is 0 Å². The summed E-state index contributed by atoms with van der Waals surface area (Å²) < 4.78 is 5.65. The van der Waals surface area contributed by atoms with Gasteiger partial charge in [0.2, 0.25) is 0 Å². The molecule has 5 heteroatoms. The number of benzene rings is 2. The first kappa shape index (κ1) is 15.6. The van der Waals surface area contributed by atoms with E-state index >= 15 is 0 Å². The molecule has 0 amide bonds. The molecule has 0 aromatic heterocycles. The molecule has 0 fully saturated rings. The summed E-state index contributed by atoms with van der Waals surface area (Å²) in [7, 11) is 0. The van der Waals surface area contributed by atoms with Crippen molar-refractivity contribution in [1.29, 1.82) is 0 Å². The fourth-order valence-corrected chi connectivity index (χ4v) is 3.87. The molecule has 0 unspecified atom stereocenters. The maximum atomic E-state index is 13.0. The number of halogens is 1. The van der Waals surface area contributed by atoms with Gasteiger partial charge in [-0.25, -0.2) is 0 Å². The monoisotopic (exact) mass is 378 g/mol. The smallest absolute Gasteiger partial charge is 0.188 e. The van der Waals surface area contributed by atoms with Crippen molar-refractivity contribution in [1.82, 2.24) is 0 Å². The van der Waals surface area contributed by atoms with E-state index in [0.29, 0.717) is 11.3 Å². The molecule has 0 aliphatic carbocycles. The minimum Gasteiger partial charge on any atom is -0.491 e. The molecular weight excluding hydrogens is 364 g/mol. The van der Waals surface area contributed by atoms with E-state index < -0.39 is 4.75 Å². The number of hydrogen-bond acceptors (Lipinski definition) is 4. The van der Waals surface area contributed by atoms with Crippen molar-refractivity contribution in [3.05, 3.63) is 58.1 Å². The van der Waals surface area contributed by atoms with Crippen molar-refractivity contribution >= 4 is 33.5 Å². The predicted octanol–water partition coefficient (Wildman–Crippen LogP) is 3.86. The lowest BCUT2D eigenvalue weighted by Crippen LogP contribution is -2.47. The average Bonchev–Trinajstić information content (AvgIpc) is 2.53.